The van der Waals surface area contributed by atoms with Crippen molar-refractivity contribution in [2.75, 3.05) is 50.8 Å². The molecule has 0 aliphatic carbocycles. The van der Waals surface area contributed by atoms with E-state index in [-0.39, 0.29) is 30.5 Å². The molecule has 1 aromatic carbocycles. The van der Waals surface area contributed by atoms with Crippen LogP contribution in [0.5, 0.6) is 0 Å². The van der Waals surface area contributed by atoms with Crippen LogP contribution in [0.2, 0.25) is 0 Å². The van der Waals surface area contributed by atoms with Crippen LogP contribution >= 0.6 is 0 Å². The molecular formula is C19H27N3O4. The SMILES string of the molecule is CCOC(=O)c1ccccc1N(CC(=O)N1CCN(CC)CC1)C(C)=O. The fraction of sp³-hybridized carbons (Fsp3) is 0.526. The Hall–Kier alpha value is -2.41. The maximum Gasteiger partial charge on any atom is 0.340 e. The number of anilines is 1. The van der Waals surface area contributed by atoms with Crippen LogP contribution in [0.25, 0.3) is 0 Å². The first kappa shape index (κ1) is 19.9. The molecule has 7 nitrogen and oxygen atoms in total. The van der Waals surface area contributed by atoms with Crippen molar-refractivity contribution >= 4 is 23.5 Å². The Balaban J connectivity index is 2.16. The van der Waals surface area contributed by atoms with Crippen LogP contribution in [0.15, 0.2) is 24.3 Å². The van der Waals surface area contributed by atoms with Gasteiger partial charge in [-0.25, -0.2) is 4.79 Å². The number of hydrogen-bond donors (Lipinski definition) is 0. The van der Waals surface area contributed by atoms with Gasteiger partial charge in [-0.05, 0) is 25.6 Å². The summed E-state index contributed by atoms with van der Waals surface area (Å²) in [7, 11) is 0. The number of esters is 1. The lowest BCUT2D eigenvalue weighted by molar-refractivity contribution is -0.132. The maximum absolute atomic E-state index is 12.7. The number of amides is 2. The predicted octanol–water partition coefficient (Wildman–Crippen LogP) is 1.38. The molecule has 1 aliphatic heterocycles. The van der Waals surface area contributed by atoms with Crippen molar-refractivity contribution in [1.82, 2.24) is 9.80 Å². The molecule has 1 fully saturated rings. The zero-order valence-electron chi connectivity index (χ0n) is 15.7. The fourth-order valence-electron chi connectivity index (χ4n) is 3.01. The maximum atomic E-state index is 12.7. The lowest BCUT2D eigenvalue weighted by Gasteiger charge is -2.35. The molecule has 0 saturated carbocycles. The Kier molecular flexibility index (Phi) is 7.15. The molecule has 0 aromatic heterocycles. The highest BCUT2D eigenvalue weighted by molar-refractivity contribution is 6.04. The van der Waals surface area contributed by atoms with Crippen molar-refractivity contribution in [3.8, 4) is 0 Å². The average molecular weight is 361 g/mol. The molecule has 0 bridgehead atoms. The van der Waals surface area contributed by atoms with E-state index in [0.29, 0.717) is 18.8 Å². The van der Waals surface area contributed by atoms with Crippen LogP contribution in [-0.4, -0.2) is 73.5 Å². The van der Waals surface area contributed by atoms with Crippen LogP contribution in [0.1, 0.15) is 31.1 Å². The van der Waals surface area contributed by atoms with E-state index < -0.39 is 5.97 Å². The number of hydrogen-bond acceptors (Lipinski definition) is 5. The van der Waals surface area contributed by atoms with Crippen LogP contribution < -0.4 is 4.90 Å². The first-order chi connectivity index (χ1) is 12.5. The van der Waals surface area contributed by atoms with Crippen LogP contribution in [0.4, 0.5) is 5.69 Å². The highest BCUT2D eigenvalue weighted by Gasteiger charge is 2.26. The Labute approximate surface area is 154 Å². The molecule has 1 aliphatic rings. The van der Waals surface area contributed by atoms with E-state index in [9.17, 15) is 14.4 Å². The summed E-state index contributed by atoms with van der Waals surface area (Å²) in [5, 5.41) is 0. The topological polar surface area (TPSA) is 70.2 Å². The first-order valence-corrected chi connectivity index (χ1v) is 9.02. The largest absolute Gasteiger partial charge is 0.462 e. The van der Waals surface area contributed by atoms with E-state index in [1.54, 1.807) is 36.1 Å². The summed E-state index contributed by atoms with van der Waals surface area (Å²) in [6.45, 7) is 9.31. The summed E-state index contributed by atoms with van der Waals surface area (Å²) in [6, 6.07) is 6.71. The standard InChI is InChI=1S/C19H27N3O4/c1-4-20-10-12-21(13-11-20)18(24)14-22(15(3)23)17-9-7-6-8-16(17)19(25)26-5-2/h6-9H,4-5,10-14H2,1-3H3. The number of piperazine rings is 1. The van der Waals surface area contributed by atoms with E-state index in [4.69, 9.17) is 4.74 Å². The molecular weight excluding hydrogens is 334 g/mol. The van der Waals surface area contributed by atoms with Crippen LogP contribution in [0, 0.1) is 0 Å². The Morgan fingerprint density at radius 3 is 2.31 bits per heavy atom. The first-order valence-electron chi connectivity index (χ1n) is 9.02. The molecule has 0 spiro atoms. The summed E-state index contributed by atoms with van der Waals surface area (Å²) in [6.07, 6.45) is 0. The second-order valence-electron chi connectivity index (χ2n) is 6.16. The number of benzene rings is 1. The quantitative estimate of drug-likeness (QED) is 0.716. The second-order valence-corrected chi connectivity index (χ2v) is 6.16. The minimum atomic E-state index is -0.502. The number of para-hydroxylation sites is 1. The highest BCUT2D eigenvalue weighted by Crippen LogP contribution is 2.22. The van der Waals surface area contributed by atoms with E-state index in [1.807, 2.05) is 0 Å². The van der Waals surface area contributed by atoms with E-state index in [2.05, 4.69) is 11.8 Å². The van der Waals surface area contributed by atoms with Crippen molar-refractivity contribution in [2.24, 2.45) is 0 Å². The highest BCUT2D eigenvalue weighted by atomic mass is 16.5. The molecule has 1 aromatic rings. The van der Waals surface area contributed by atoms with Crippen LogP contribution in [-0.2, 0) is 14.3 Å². The van der Waals surface area contributed by atoms with Gasteiger partial charge in [0.15, 0.2) is 0 Å². The van der Waals surface area contributed by atoms with Crippen molar-refractivity contribution in [3.63, 3.8) is 0 Å². The molecule has 1 heterocycles. The lowest BCUT2D eigenvalue weighted by Crippen LogP contribution is -2.51. The van der Waals surface area contributed by atoms with Crippen molar-refractivity contribution in [1.29, 1.82) is 0 Å². The van der Waals surface area contributed by atoms with Crippen molar-refractivity contribution in [2.45, 2.75) is 20.8 Å². The molecule has 142 valence electrons. The summed E-state index contributed by atoms with van der Waals surface area (Å²) in [5.41, 5.74) is 0.687. The molecule has 0 atom stereocenters. The summed E-state index contributed by atoms with van der Waals surface area (Å²) in [4.78, 5) is 42.5. The number of nitrogens with zero attached hydrogens (tertiary/aromatic N) is 3. The smallest absolute Gasteiger partial charge is 0.340 e. The number of likely N-dealkylation sites (N-methyl/N-ethyl adjacent to an activating group) is 1. The van der Waals surface area contributed by atoms with Gasteiger partial charge in [0, 0.05) is 33.1 Å². The van der Waals surface area contributed by atoms with Crippen molar-refractivity contribution < 1.29 is 19.1 Å². The second kappa shape index (κ2) is 9.33. The molecule has 2 amide bonds. The minimum absolute atomic E-state index is 0.0854. The summed E-state index contributed by atoms with van der Waals surface area (Å²) < 4.78 is 5.07. The Morgan fingerprint density at radius 2 is 1.73 bits per heavy atom. The van der Waals surface area contributed by atoms with Gasteiger partial charge in [-0.3, -0.25) is 9.59 Å². The monoisotopic (exact) mass is 361 g/mol. The van der Waals surface area contributed by atoms with Gasteiger partial charge in [0.1, 0.15) is 6.54 Å². The minimum Gasteiger partial charge on any atom is -0.462 e. The van der Waals surface area contributed by atoms with E-state index in [1.165, 1.54) is 11.8 Å². The zero-order valence-corrected chi connectivity index (χ0v) is 15.7. The molecule has 0 N–H and O–H groups in total. The van der Waals surface area contributed by atoms with Gasteiger partial charge in [-0.15, -0.1) is 0 Å². The third kappa shape index (κ3) is 4.82. The van der Waals surface area contributed by atoms with Gasteiger partial charge in [0.25, 0.3) is 0 Å². The molecule has 0 unspecified atom stereocenters. The zero-order chi connectivity index (χ0) is 19.1. The lowest BCUT2D eigenvalue weighted by atomic mass is 10.1. The molecule has 1 saturated heterocycles. The summed E-state index contributed by atoms with van der Waals surface area (Å²) in [5.74, 6) is -0.907. The third-order valence-corrected chi connectivity index (χ3v) is 4.54. The van der Waals surface area contributed by atoms with Gasteiger partial charge in [-0.1, -0.05) is 19.1 Å². The fourth-order valence-corrected chi connectivity index (χ4v) is 3.01. The average Bonchev–Trinajstić information content (AvgIpc) is 2.66. The van der Waals surface area contributed by atoms with Gasteiger partial charge in [-0.2, -0.15) is 0 Å². The number of rotatable bonds is 6. The van der Waals surface area contributed by atoms with Crippen molar-refractivity contribution in [3.05, 3.63) is 29.8 Å². The normalized spacial score (nSPS) is 14.8. The Bertz CT molecular complexity index is 654. The molecule has 0 radical (unpaired) electrons. The molecule has 7 heteroatoms. The summed E-state index contributed by atoms with van der Waals surface area (Å²) >= 11 is 0. The van der Waals surface area contributed by atoms with Gasteiger partial charge < -0.3 is 19.4 Å². The third-order valence-electron chi connectivity index (χ3n) is 4.54. The number of ether oxygens (including phenoxy) is 1. The number of carbonyl (C=O) groups is 3. The van der Waals surface area contributed by atoms with Gasteiger partial charge in [0.2, 0.25) is 11.8 Å². The van der Waals surface area contributed by atoms with Gasteiger partial charge >= 0.3 is 5.97 Å². The van der Waals surface area contributed by atoms with E-state index in [0.717, 1.165) is 19.6 Å². The molecule has 2 rings (SSSR count). The Morgan fingerprint density at radius 1 is 1.08 bits per heavy atom. The van der Waals surface area contributed by atoms with E-state index >= 15 is 0 Å². The van der Waals surface area contributed by atoms with Crippen LogP contribution in [0.3, 0.4) is 0 Å². The molecule has 26 heavy (non-hydrogen) atoms. The van der Waals surface area contributed by atoms with Gasteiger partial charge in [0.05, 0.1) is 17.9 Å². The number of carbonyl (C=O) groups excluding carboxylic acids is 3. The predicted molar refractivity (Wildman–Crippen MR) is 99.1 cm³/mol.